The van der Waals surface area contributed by atoms with Crippen LogP contribution in [0.25, 0.3) is 0 Å². The topological polar surface area (TPSA) is 32.3 Å². The maximum Gasteiger partial charge on any atom is 0.255 e. The minimum atomic E-state index is 0.0618. The van der Waals surface area contributed by atoms with Gasteiger partial charge in [0.25, 0.3) is 5.91 Å². The number of hydrogen-bond acceptors (Lipinski definition) is 3. The third-order valence-corrected chi connectivity index (χ3v) is 4.76. The summed E-state index contributed by atoms with van der Waals surface area (Å²) in [6.45, 7) is 2.61. The number of halogens is 1. The SMILES string of the molecule is CNCC1CCCN(C(=O)c2cc(SC)ccc2Cl)C1. The van der Waals surface area contributed by atoms with Gasteiger partial charge in [-0.1, -0.05) is 11.6 Å². The standard InChI is InChI=1S/C15H21ClN2OS/c1-17-9-11-4-3-7-18(10-11)15(19)13-8-12(20-2)5-6-14(13)16/h5-6,8,11,17H,3-4,7,9-10H2,1-2H3. The van der Waals surface area contributed by atoms with E-state index in [0.29, 0.717) is 16.5 Å². The molecule has 2 rings (SSSR count). The number of hydrogen-bond donors (Lipinski definition) is 1. The molecule has 1 unspecified atom stereocenters. The van der Waals surface area contributed by atoms with Crippen LogP contribution in [0.2, 0.25) is 5.02 Å². The molecule has 1 atom stereocenters. The van der Waals surface area contributed by atoms with Crippen LogP contribution in [0.15, 0.2) is 23.1 Å². The number of nitrogens with one attached hydrogen (secondary N) is 1. The zero-order valence-electron chi connectivity index (χ0n) is 12.0. The van der Waals surface area contributed by atoms with Gasteiger partial charge in [0.1, 0.15) is 0 Å². The second-order valence-electron chi connectivity index (χ2n) is 5.16. The number of piperidine rings is 1. The molecule has 20 heavy (non-hydrogen) atoms. The first-order valence-corrected chi connectivity index (χ1v) is 8.53. The van der Waals surface area contributed by atoms with E-state index in [2.05, 4.69) is 5.32 Å². The molecular formula is C15H21ClN2OS. The predicted octanol–water partition coefficient (Wildman–Crippen LogP) is 3.13. The molecule has 1 aromatic carbocycles. The Morgan fingerprint density at radius 1 is 1.55 bits per heavy atom. The zero-order chi connectivity index (χ0) is 14.5. The third-order valence-electron chi connectivity index (χ3n) is 3.70. The summed E-state index contributed by atoms with van der Waals surface area (Å²) in [6, 6.07) is 5.66. The normalized spacial score (nSPS) is 19.1. The van der Waals surface area contributed by atoms with Gasteiger partial charge >= 0.3 is 0 Å². The number of benzene rings is 1. The van der Waals surface area contributed by atoms with Crippen molar-refractivity contribution in [3.8, 4) is 0 Å². The van der Waals surface area contributed by atoms with E-state index in [0.717, 1.165) is 31.0 Å². The molecule has 0 spiro atoms. The second-order valence-corrected chi connectivity index (χ2v) is 6.45. The second kappa shape index (κ2) is 7.34. The molecule has 1 aliphatic heterocycles. The van der Waals surface area contributed by atoms with Gasteiger partial charge in [0.05, 0.1) is 10.6 Å². The van der Waals surface area contributed by atoms with Gasteiger partial charge in [-0.3, -0.25) is 4.79 Å². The van der Waals surface area contributed by atoms with Crippen molar-refractivity contribution in [3.05, 3.63) is 28.8 Å². The van der Waals surface area contributed by atoms with Crippen molar-refractivity contribution >= 4 is 29.3 Å². The van der Waals surface area contributed by atoms with Gasteiger partial charge in [0, 0.05) is 18.0 Å². The van der Waals surface area contributed by atoms with Crippen LogP contribution in [0.4, 0.5) is 0 Å². The molecule has 0 aliphatic carbocycles. The molecule has 0 aromatic heterocycles. The van der Waals surface area contributed by atoms with Crippen LogP contribution in [0.3, 0.4) is 0 Å². The van der Waals surface area contributed by atoms with Crippen LogP contribution in [-0.2, 0) is 0 Å². The summed E-state index contributed by atoms with van der Waals surface area (Å²) in [7, 11) is 1.96. The highest BCUT2D eigenvalue weighted by atomic mass is 35.5. The van der Waals surface area contributed by atoms with Crippen molar-refractivity contribution in [1.29, 1.82) is 0 Å². The van der Waals surface area contributed by atoms with Crippen molar-refractivity contribution in [2.75, 3.05) is 32.9 Å². The Kier molecular flexibility index (Phi) is 5.75. The molecule has 0 radical (unpaired) electrons. The van der Waals surface area contributed by atoms with Gasteiger partial charge in [0.15, 0.2) is 0 Å². The molecule has 5 heteroatoms. The first-order valence-electron chi connectivity index (χ1n) is 6.93. The maximum atomic E-state index is 12.7. The van der Waals surface area contributed by atoms with Crippen LogP contribution in [-0.4, -0.2) is 43.7 Å². The van der Waals surface area contributed by atoms with Crippen LogP contribution < -0.4 is 5.32 Å². The molecular weight excluding hydrogens is 292 g/mol. The minimum absolute atomic E-state index is 0.0618. The Bertz CT molecular complexity index is 479. The number of carbonyl (C=O) groups is 1. The Labute approximate surface area is 130 Å². The lowest BCUT2D eigenvalue weighted by Gasteiger charge is -2.33. The van der Waals surface area contributed by atoms with Gasteiger partial charge in [-0.05, 0) is 56.8 Å². The summed E-state index contributed by atoms with van der Waals surface area (Å²) in [6.07, 6.45) is 4.25. The molecule has 1 heterocycles. The molecule has 1 N–H and O–H groups in total. The number of rotatable bonds is 4. The highest BCUT2D eigenvalue weighted by Crippen LogP contribution is 2.26. The highest BCUT2D eigenvalue weighted by molar-refractivity contribution is 7.98. The van der Waals surface area contributed by atoms with E-state index in [4.69, 9.17) is 11.6 Å². The number of carbonyl (C=O) groups excluding carboxylic acids is 1. The zero-order valence-corrected chi connectivity index (χ0v) is 13.6. The summed E-state index contributed by atoms with van der Waals surface area (Å²) in [5.41, 5.74) is 0.628. The van der Waals surface area contributed by atoms with E-state index < -0.39 is 0 Å². The monoisotopic (exact) mass is 312 g/mol. The van der Waals surface area contributed by atoms with Gasteiger partial charge in [-0.2, -0.15) is 0 Å². The van der Waals surface area contributed by atoms with Gasteiger partial charge in [-0.15, -0.1) is 11.8 Å². The Morgan fingerprint density at radius 3 is 3.05 bits per heavy atom. The van der Waals surface area contributed by atoms with E-state index in [9.17, 15) is 4.79 Å². The van der Waals surface area contributed by atoms with Gasteiger partial charge in [-0.25, -0.2) is 0 Å². The van der Waals surface area contributed by atoms with E-state index in [1.54, 1.807) is 11.8 Å². The number of nitrogens with zero attached hydrogens (tertiary/aromatic N) is 1. The molecule has 110 valence electrons. The molecule has 0 saturated carbocycles. The van der Waals surface area contributed by atoms with Crippen LogP contribution >= 0.6 is 23.4 Å². The smallest absolute Gasteiger partial charge is 0.255 e. The summed E-state index contributed by atoms with van der Waals surface area (Å²) >= 11 is 7.82. The molecule has 1 amide bonds. The number of thioether (sulfide) groups is 1. The lowest BCUT2D eigenvalue weighted by molar-refractivity contribution is 0.0674. The molecule has 0 bridgehead atoms. The van der Waals surface area contributed by atoms with Gasteiger partial charge in [0.2, 0.25) is 0 Å². The van der Waals surface area contributed by atoms with E-state index in [-0.39, 0.29) is 5.91 Å². The van der Waals surface area contributed by atoms with Crippen LogP contribution in [0.5, 0.6) is 0 Å². The number of amides is 1. The van der Waals surface area contributed by atoms with Crippen molar-refractivity contribution in [2.24, 2.45) is 5.92 Å². The van der Waals surface area contributed by atoms with E-state index in [1.807, 2.05) is 36.4 Å². The molecule has 1 saturated heterocycles. The lowest BCUT2D eigenvalue weighted by Crippen LogP contribution is -2.42. The summed E-state index contributed by atoms with van der Waals surface area (Å²) < 4.78 is 0. The fourth-order valence-electron chi connectivity index (χ4n) is 2.67. The fourth-order valence-corrected chi connectivity index (χ4v) is 3.31. The predicted molar refractivity (Wildman–Crippen MR) is 85.8 cm³/mol. The Hall–Kier alpha value is -0.710. The van der Waals surface area contributed by atoms with Crippen molar-refractivity contribution < 1.29 is 4.79 Å². The largest absolute Gasteiger partial charge is 0.338 e. The summed E-state index contributed by atoms with van der Waals surface area (Å²) in [5, 5.41) is 3.74. The molecule has 1 aromatic rings. The Morgan fingerprint density at radius 2 is 2.35 bits per heavy atom. The van der Waals surface area contributed by atoms with Crippen molar-refractivity contribution in [2.45, 2.75) is 17.7 Å². The average molecular weight is 313 g/mol. The molecule has 1 aliphatic rings. The Balaban J connectivity index is 2.14. The van der Waals surface area contributed by atoms with Crippen molar-refractivity contribution in [1.82, 2.24) is 10.2 Å². The first-order chi connectivity index (χ1) is 9.65. The first kappa shape index (κ1) is 15.7. The van der Waals surface area contributed by atoms with Gasteiger partial charge < -0.3 is 10.2 Å². The fraction of sp³-hybridized carbons (Fsp3) is 0.533. The summed E-state index contributed by atoms with van der Waals surface area (Å²) in [5.74, 6) is 0.604. The minimum Gasteiger partial charge on any atom is -0.338 e. The van der Waals surface area contributed by atoms with Crippen LogP contribution in [0, 0.1) is 5.92 Å². The quantitative estimate of drug-likeness (QED) is 0.867. The van der Waals surface area contributed by atoms with Crippen LogP contribution in [0.1, 0.15) is 23.2 Å². The average Bonchev–Trinajstić information content (AvgIpc) is 2.48. The lowest BCUT2D eigenvalue weighted by atomic mass is 9.97. The number of likely N-dealkylation sites (tertiary alicyclic amines) is 1. The third kappa shape index (κ3) is 3.68. The molecule has 1 fully saturated rings. The molecule has 3 nitrogen and oxygen atoms in total. The summed E-state index contributed by atoms with van der Waals surface area (Å²) in [4.78, 5) is 15.7. The van der Waals surface area contributed by atoms with Crippen molar-refractivity contribution in [3.63, 3.8) is 0 Å². The van der Waals surface area contributed by atoms with E-state index >= 15 is 0 Å². The van der Waals surface area contributed by atoms with E-state index in [1.165, 1.54) is 6.42 Å². The maximum absolute atomic E-state index is 12.7. The highest BCUT2D eigenvalue weighted by Gasteiger charge is 2.25.